The van der Waals surface area contributed by atoms with Crippen molar-refractivity contribution in [1.29, 1.82) is 0 Å². The van der Waals surface area contributed by atoms with E-state index < -0.39 is 25.3 Å². The van der Waals surface area contributed by atoms with Crippen LogP contribution >= 0.6 is 7.75 Å². The molecule has 3 N–H and O–H groups in total. The van der Waals surface area contributed by atoms with Gasteiger partial charge in [0, 0.05) is 12.0 Å². The lowest BCUT2D eigenvalue weighted by atomic mass is 9.94. The van der Waals surface area contributed by atoms with Gasteiger partial charge in [0.1, 0.15) is 35.5 Å². The molecular formula is C35H42N5O6P. The van der Waals surface area contributed by atoms with Crippen molar-refractivity contribution in [1.82, 2.24) is 19.6 Å². The summed E-state index contributed by atoms with van der Waals surface area (Å²) >= 11 is 0. The molecule has 2 aromatic heterocycles. The Hall–Kier alpha value is -4.28. The smallest absolute Gasteiger partial charge is 0.425 e. The normalized spacial score (nSPS) is 14.8. The molecule has 3 atom stereocenters. The van der Waals surface area contributed by atoms with E-state index in [4.69, 9.17) is 29.2 Å². The Morgan fingerprint density at radius 1 is 0.979 bits per heavy atom. The predicted molar refractivity (Wildman–Crippen MR) is 183 cm³/mol. The molecule has 0 aliphatic heterocycles. The van der Waals surface area contributed by atoms with Crippen LogP contribution in [0.15, 0.2) is 84.9 Å². The minimum Gasteiger partial charge on any atom is -0.425 e. The number of ether oxygens (including phenoxy) is 2. The van der Waals surface area contributed by atoms with Gasteiger partial charge in [-0.3, -0.25) is 4.52 Å². The number of hydrogen-bond donors (Lipinski definition) is 2. The fourth-order valence-electron chi connectivity index (χ4n) is 5.44. The van der Waals surface area contributed by atoms with E-state index in [1.54, 1.807) is 55.5 Å². The van der Waals surface area contributed by atoms with Crippen molar-refractivity contribution >= 4 is 41.5 Å². The summed E-state index contributed by atoms with van der Waals surface area (Å²) in [5, 5.41) is 3.69. The molecule has 248 valence electrons. The van der Waals surface area contributed by atoms with E-state index in [-0.39, 0.29) is 13.2 Å². The molecule has 0 radical (unpaired) electrons. The highest BCUT2D eigenvalue weighted by molar-refractivity contribution is 7.52. The van der Waals surface area contributed by atoms with Crippen LogP contribution in [-0.2, 0) is 30.8 Å². The fourth-order valence-corrected chi connectivity index (χ4v) is 7.05. The molecule has 0 aliphatic carbocycles. The van der Waals surface area contributed by atoms with Gasteiger partial charge in [0.15, 0.2) is 5.82 Å². The average Bonchev–Trinajstić information content (AvgIpc) is 3.48. The lowest BCUT2D eigenvalue weighted by Gasteiger charge is -2.35. The number of pyridine rings is 1. The zero-order valence-corrected chi connectivity index (χ0v) is 28.1. The lowest BCUT2D eigenvalue weighted by molar-refractivity contribution is -0.136. The second kappa shape index (κ2) is 15.1. The number of nitrogens with zero attached hydrogens (tertiary/aromatic N) is 3. The van der Waals surface area contributed by atoms with Gasteiger partial charge >= 0.3 is 13.7 Å². The number of anilines is 1. The standard InChI is InChI=1S/C35H42N5O6P/c1-5-7-22-35(4,40-30(23-43-6-2)38-31-32(40)28-20-14-15-21-29(28)37-33(31)36)24-44-47(42,46-27-18-12-9-13-19-27)39-25(3)34(41)45-26-16-10-8-11-17-26/h8-21,25H,5-7,22-24H2,1-4H3,(H2,36,37)(H,39,42)/t25-,35+,47+/m0/s1. The monoisotopic (exact) mass is 659 g/mol. The number of nitrogen functional groups attached to an aromatic ring is 1. The number of carbonyl (C=O) groups is 1. The quantitative estimate of drug-likeness (QED) is 0.0626. The minimum absolute atomic E-state index is 0.0638. The maximum atomic E-state index is 14.6. The number of para-hydroxylation sites is 3. The molecule has 0 amide bonds. The summed E-state index contributed by atoms with van der Waals surface area (Å²) in [6.45, 7) is 8.26. The van der Waals surface area contributed by atoms with Gasteiger partial charge in [-0.25, -0.2) is 19.3 Å². The predicted octanol–water partition coefficient (Wildman–Crippen LogP) is 7.40. The molecule has 2 heterocycles. The zero-order chi connectivity index (χ0) is 33.4. The van der Waals surface area contributed by atoms with Gasteiger partial charge in [-0.05, 0) is 57.5 Å². The van der Waals surface area contributed by atoms with Gasteiger partial charge in [-0.1, -0.05) is 74.4 Å². The van der Waals surface area contributed by atoms with Crippen molar-refractivity contribution in [3.63, 3.8) is 0 Å². The van der Waals surface area contributed by atoms with Crippen LogP contribution in [0.2, 0.25) is 0 Å². The molecule has 11 nitrogen and oxygen atoms in total. The number of nitrogens with one attached hydrogen (secondary N) is 1. The molecule has 0 saturated heterocycles. The van der Waals surface area contributed by atoms with Crippen molar-refractivity contribution in [3.8, 4) is 11.5 Å². The third kappa shape index (κ3) is 8.00. The first-order valence-electron chi connectivity index (χ1n) is 15.8. The molecule has 0 unspecified atom stereocenters. The molecule has 0 bridgehead atoms. The van der Waals surface area contributed by atoms with Crippen LogP contribution in [0, 0.1) is 0 Å². The summed E-state index contributed by atoms with van der Waals surface area (Å²) in [7, 11) is -4.19. The summed E-state index contributed by atoms with van der Waals surface area (Å²) in [5.41, 5.74) is 7.73. The van der Waals surface area contributed by atoms with E-state index in [1.165, 1.54) is 0 Å². The van der Waals surface area contributed by atoms with E-state index in [9.17, 15) is 9.36 Å². The molecule has 5 rings (SSSR count). The Morgan fingerprint density at radius 3 is 2.32 bits per heavy atom. The van der Waals surface area contributed by atoms with Crippen LogP contribution in [0.25, 0.3) is 21.9 Å². The van der Waals surface area contributed by atoms with Crippen LogP contribution in [0.4, 0.5) is 5.82 Å². The lowest BCUT2D eigenvalue weighted by Crippen LogP contribution is -2.40. The maximum Gasteiger partial charge on any atom is 0.459 e. The number of imidazole rings is 1. The summed E-state index contributed by atoms with van der Waals surface area (Å²) < 4.78 is 40.4. The fraction of sp³-hybridized carbons (Fsp3) is 0.343. The second-order valence-electron chi connectivity index (χ2n) is 11.6. The first-order chi connectivity index (χ1) is 22.7. The first-order valence-corrected chi connectivity index (χ1v) is 17.4. The Labute approximate surface area is 275 Å². The van der Waals surface area contributed by atoms with Gasteiger partial charge in [0.2, 0.25) is 0 Å². The Balaban J connectivity index is 1.55. The van der Waals surface area contributed by atoms with Crippen LogP contribution in [0.3, 0.4) is 0 Å². The molecular weight excluding hydrogens is 617 g/mol. The van der Waals surface area contributed by atoms with Crippen molar-refractivity contribution in [2.45, 2.75) is 65.1 Å². The van der Waals surface area contributed by atoms with E-state index >= 15 is 0 Å². The zero-order valence-electron chi connectivity index (χ0n) is 27.2. The summed E-state index contributed by atoms with van der Waals surface area (Å²) in [4.78, 5) is 22.6. The van der Waals surface area contributed by atoms with Crippen molar-refractivity contribution in [2.75, 3.05) is 18.9 Å². The minimum atomic E-state index is -4.19. The number of esters is 1. The topological polar surface area (TPSA) is 140 Å². The Morgan fingerprint density at radius 2 is 1.64 bits per heavy atom. The van der Waals surface area contributed by atoms with Crippen LogP contribution in [0.5, 0.6) is 11.5 Å². The molecule has 0 spiro atoms. The average molecular weight is 660 g/mol. The second-order valence-corrected chi connectivity index (χ2v) is 13.3. The number of hydrogen-bond acceptors (Lipinski definition) is 9. The highest BCUT2D eigenvalue weighted by Crippen LogP contribution is 2.47. The van der Waals surface area contributed by atoms with Crippen LogP contribution < -0.4 is 20.1 Å². The van der Waals surface area contributed by atoms with E-state index in [1.807, 2.05) is 50.2 Å². The highest BCUT2D eigenvalue weighted by atomic mass is 31.2. The molecule has 5 aromatic rings. The molecule has 0 fully saturated rings. The van der Waals surface area contributed by atoms with Crippen molar-refractivity contribution < 1.29 is 27.9 Å². The van der Waals surface area contributed by atoms with Crippen LogP contribution in [-0.4, -0.2) is 39.8 Å². The van der Waals surface area contributed by atoms with Gasteiger partial charge in [-0.15, -0.1) is 0 Å². The molecule has 0 saturated carbocycles. The number of carbonyl (C=O) groups excluding carboxylic acids is 1. The number of aromatic nitrogens is 3. The molecule has 3 aromatic carbocycles. The maximum absolute atomic E-state index is 14.6. The number of unbranched alkanes of at least 4 members (excludes halogenated alkanes) is 1. The van der Waals surface area contributed by atoms with Gasteiger partial charge in [0.25, 0.3) is 0 Å². The number of rotatable bonds is 16. The van der Waals surface area contributed by atoms with Gasteiger partial charge < -0.3 is 24.3 Å². The van der Waals surface area contributed by atoms with Crippen molar-refractivity contribution in [3.05, 3.63) is 90.8 Å². The van der Waals surface area contributed by atoms with Gasteiger partial charge in [-0.2, -0.15) is 5.09 Å². The first kappa shape index (κ1) is 34.1. The van der Waals surface area contributed by atoms with Crippen LogP contribution in [0.1, 0.15) is 52.8 Å². The van der Waals surface area contributed by atoms with E-state index in [2.05, 4.69) is 21.6 Å². The molecule has 12 heteroatoms. The Kier molecular flexibility index (Phi) is 10.9. The van der Waals surface area contributed by atoms with Gasteiger partial charge in [0.05, 0.1) is 23.2 Å². The van der Waals surface area contributed by atoms with E-state index in [0.717, 1.165) is 29.3 Å². The molecule has 0 aliphatic rings. The summed E-state index contributed by atoms with van der Waals surface area (Å²) in [6, 6.07) is 24.1. The number of nitrogens with two attached hydrogens (primary N) is 1. The Bertz CT molecular complexity index is 1850. The third-order valence-electron chi connectivity index (χ3n) is 7.81. The van der Waals surface area contributed by atoms with Crippen molar-refractivity contribution in [2.24, 2.45) is 0 Å². The largest absolute Gasteiger partial charge is 0.459 e. The molecule has 47 heavy (non-hydrogen) atoms. The summed E-state index contributed by atoms with van der Waals surface area (Å²) in [6.07, 6.45) is 2.39. The van der Waals surface area contributed by atoms with E-state index in [0.29, 0.717) is 41.7 Å². The summed E-state index contributed by atoms with van der Waals surface area (Å²) in [5.74, 6) is 0.990. The SMILES string of the molecule is CCCC[C@](C)(CO[P@](=O)(N[C@@H](C)C(=O)Oc1ccccc1)Oc1ccccc1)n1c(COCC)nc2c(N)nc3ccccc3c21. The number of fused-ring (bicyclic) bond motifs is 3. The third-order valence-corrected chi connectivity index (χ3v) is 9.44. The number of benzene rings is 3. The highest BCUT2D eigenvalue weighted by Gasteiger charge is 2.39.